The highest BCUT2D eigenvalue weighted by atomic mass is 35.5. The van der Waals surface area contributed by atoms with Gasteiger partial charge in [-0.2, -0.15) is 0 Å². The normalized spacial score (nSPS) is 23.4. The second-order valence-electron chi connectivity index (χ2n) is 8.71. The molecule has 1 aliphatic carbocycles. The number of fused-ring (bicyclic) bond motifs is 1. The van der Waals surface area contributed by atoms with Crippen LogP contribution in [0.2, 0.25) is 0 Å². The van der Waals surface area contributed by atoms with Gasteiger partial charge in [0.25, 0.3) is 0 Å². The summed E-state index contributed by atoms with van der Waals surface area (Å²) in [5.41, 5.74) is 2.67. The molecule has 0 fully saturated rings. The number of halogens is 1. The van der Waals surface area contributed by atoms with Crippen LogP contribution in [-0.2, 0) is 16.6 Å². The Morgan fingerprint density at radius 2 is 2.18 bits per heavy atom. The lowest BCUT2D eigenvalue weighted by atomic mass is 9.75. The van der Waals surface area contributed by atoms with Gasteiger partial charge >= 0.3 is 0 Å². The van der Waals surface area contributed by atoms with Crippen molar-refractivity contribution in [1.29, 1.82) is 0 Å². The highest BCUT2D eigenvalue weighted by Crippen LogP contribution is 2.38. The van der Waals surface area contributed by atoms with Crippen LogP contribution < -0.4 is 0 Å². The Hall–Kier alpha value is -1.32. The maximum absolute atomic E-state index is 11.9. The Kier molecular flexibility index (Phi) is 8.57. The average molecular weight is 407 g/mol. The van der Waals surface area contributed by atoms with Crippen molar-refractivity contribution in [2.24, 2.45) is 5.92 Å². The first-order valence-electron chi connectivity index (χ1n) is 10.5. The minimum atomic E-state index is -1.05. The van der Waals surface area contributed by atoms with E-state index < -0.39 is 11.5 Å². The quantitative estimate of drug-likeness (QED) is 0.375. The topological polar surface area (TPSA) is 50.4 Å². The first-order valence-corrected chi connectivity index (χ1v) is 10.9. The first kappa shape index (κ1) is 23.0. The van der Waals surface area contributed by atoms with Crippen LogP contribution in [0.5, 0.6) is 0 Å². The molecule has 28 heavy (non-hydrogen) atoms. The predicted octanol–water partition coefficient (Wildman–Crippen LogP) is 6.13. The largest absolute Gasteiger partial charge is 0.468 e. The molecule has 1 N–H and O–H groups in total. The molecule has 0 bridgehead atoms. The molecule has 4 atom stereocenters. The van der Waals surface area contributed by atoms with Crippen molar-refractivity contribution in [2.45, 2.75) is 89.5 Å². The molecule has 0 saturated carbocycles. The van der Waals surface area contributed by atoms with E-state index in [0.29, 0.717) is 6.42 Å². The number of allylic oxidation sites excluding steroid dienone is 4. The molecule has 1 aromatic heterocycles. The Bertz CT molecular complexity index is 700. The summed E-state index contributed by atoms with van der Waals surface area (Å²) in [4.78, 5) is 11.9. The fourth-order valence-electron chi connectivity index (χ4n) is 4.01. The summed E-state index contributed by atoms with van der Waals surface area (Å²) in [5.74, 6) is 1.23. The van der Waals surface area contributed by atoms with E-state index in [1.807, 2.05) is 6.26 Å². The number of hydrogen-bond donors (Lipinski definition) is 1. The number of carbonyl (C=O) groups excluding carboxylic acids is 1. The Morgan fingerprint density at radius 3 is 2.89 bits per heavy atom. The van der Waals surface area contributed by atoms with Crippen molar-refractivity contribution in [3.8, 4) is 0 Å². The summed E-state index contributed by atoms with van der Waals surface area (Å²) >= 11 is 5.80. The third-order valence-corrected chi connectivity index (χ3v) is 6.07. The zero-order valence-electron chi connectivity index (χ0n) is 17.7. The molecule has 2 rings (SSSR count). The zero-order valence-corrected chi connectivity index (χ0v) is 18.5. The van der Waals surface area contributed by atoms with Gasteiger partial charge < -0.3 is 9.52 Å². The lowest BCUT2D eigenvalue weighted by Gasteiger charge is -2.29. The van der Waals surface area contributed by atoms with E-state index in [-0.39, 0.29) is 17.1 Å². The van der Waals surface area contributed by atoms with Gasteiger partial charge in [-0.15, -0.1) is 11.6 Å². The molecular formula is C24H35ClO3. The molecule has 1 heterocycles. The molecular weight excluding hydrogens is 372 g/mol. The van der Waals surface area contributed by atoms with E-state index in [1.165, 1.54) is 17.6 Å². The standard InChI is InChI=1S/C24H35ClO3/c1-17(8-5-9-18(2)16-21(26)22(27)19(3)25)10-6-13-24(4)14-7-11-20-12-15-28-23(20)24/h6,10,12-13,15,18-19,22,27H,5,7-9,11,14,16H2,1-4H3/b13-6+,17-10-/t18-,19+,22+,24+/m0/s1. The van der Waals surface area contributed by atoms with Gasteiger partial charge in [0.15, 0.2) is 5.78 Å². The Labute approximate surface area is 174 Å². The maximum atomic E-state index is 11.9. The summed E-state index contributed by atoms with van der Waals surface area (Å²) < 4.78 is 5.76. The number of alkyl halides is 1. The fourth-order valence-corrected chi connectivity index (χ4v) is 4.15. The fraction of sp³-hybridized carbons (Fsp3) is 0.625. The smallest absolute Gasteiger partial charge is 0.163 e. The minimum absolute atomic E-state index is 0.0108. The van der Waals surface area contributed by atoms with Gasteiger partial charge in [0.1, 0.15) is 11.9 Å². The second-order valence-corrected chi connectivity index (χ2v) is 9.40. The third-order valence-electron chi connectivity index (χ3n) is 5.84. The van der Waals surface area contributed by atoms with Crippen molar-refractivity contribution in [1.82, 2.24) is 0 Å². The van der Waals surface area contributed by atoms with Gasteiger partial charge in [-0.25, -0.2) is 0 Å². The van der Waals surface area contributed by atoms with Gasteiger partial charge in [-0.1, -0.05) is 30.7 Å². The van der Waals surface area contributed by atoms with E-state index in [4.69, 9.17) is 16.0 Å². The van der Waals surface area contributed by atoms with Crippen LogP contribution in [0.3, 0.4) is 0 Å². The molecule has 0 aromatic carbocycles. The van der Waals surface area contributed by atoms with Crippen LogP contribution in [0.15, 0.2) is 40.5 Å². The lowest BCUT2D eigenvalue weighted by Crippen LogP contribution is -2.29. The van der Waals surface area contributed by atoms with E-state index in [2.05, 4.69) is 45.1 Å². The SMILES string of the molecule is C/C(=C/C=C/[C@]1(C)CCCc2ccoc21)CCC[C@H](C)CC(=O)[C@H](O)[C@@H](C)Cl. The zero-order chi connectivity index (χ0) is 20.7. The summed E-state index contributed by atoms with van der Waals surface area (Å²) in [6.45, 7) is 8.12. The van der Waals surface area contributed by atoms with E-state index in [0.717, 1.165) is 37.9 Å². The molecule has 0 unspecified atom stereocenters. The molecule has 0 saturated heterocycles. The molecule has 0 amide bonds. The summed E-state index contributed by atoms with van der Waals surface area (Å²) in [6.07, 6.45) is 14.2. The highest BCUT2D eigenvalue weighted by molar-refractivity contribution is 6.22. The molecule has 0 spiro atoms. The number of aryl methyl sites for hydroxylation is 1. The maximum Gasteiger partial charge on any atom is 0.163 e. The molecule has 3 nitrogen and oxygen atoms in total. The van der Waals surface area contributed by atoms with Crippen LogP contribution in [0, 0.1) is 5.92 Å². The molecule has 1 aromatic rings. The molecule has 4 heteroatoms. The highest BCUT2D eigenvalue weighted by Gasteiger charge is 2.32. The van der Waals surface area contributed by atoms with Gasteiger partial charge in [0.05, 0.1) is 11.6 Å². The van der Waals surface area contributed by atoms with Gasteiger partial charge in [-0.05, 0) is 76.8 Å². The molecule has 156 valence electrons. The van der Waals surface area contributed by atoms with E-state index >= 15 is 0 Å². The number of rotatable bonds is 10. The van der Waals surface area contributed by atoms with Crippen LogP contribution in [0.1, 0.15) is 77.5 Å². The van der Waals surface area contributed by atoms with Gasteiger partial charge in [0.2, 0.25) is 0 Å². The van der Waals surface area contributed by atoms with Crippen molar-refractivity contribution in [2.75, 3.05) is 0 Å². The number of ketones is 1. The number of Topliss-reactive ketones (excluding diaryl/α,β-unsaturated/α-hetero) is 1. The summed E-state index contributed by atoms with van der Waals surface area (Å²) in [6, 6.07) is 2.10. The summed E-state index contributed by atoms with van der Waals surface area (Å²) in [7, 11) is 0. The molecule has 0 radical (unpaired) electrons. The first-order chi connectivity index (χ1) is 13.2. The number of hydrogen-bond acceptors (Lipinski definition) is 3. The second kappa shape index (κ2) is 10.5. The molecule has 0 aliphatic heterocycles. The number of aliphatic hydroxyl groups excluding tert-OH is 1. The molecule has 1 aliphatic rings. The predicted molar refractivity (Wildman–Crippen MR) is 116 cm³/mol. The Morgan fingerprint density at radius 1 is 1.43 bits per heavy atom. The van der Waals surface area contributed by atoms with Crippen molar-refractivity contribution in [3.63, 3.8) is 0 Å². The number of aliphatic hydroxyl groups is 1. The number of furan rings is 1. The van der Waals surface area contributed by atoms with Crippen molar-refractivity contribution >= 4 is 17.4 Å². The monoisotopic (exact) mass is 406 g/mol. The van der Waals surface area contributed by atoms with Gasteiger partial charge in [0, 0.05) is 11.8 Å². The van der Waals surface area contributed by atoms with Crippen LogP contribution in [-0.4, -0.2) is 22.4 Å². The van der Waals surface area contributed by atoms with Crippen LogP contribution in [0.25, 0.3) is 0 Å². The average Bonchev–Trinajstić information content (AvgIpc) is 3.11. The Balaban J connectivity index is 1.78. The van der Waals surface area contributed by atoms with E-state index in [1.54, 1.807) is 6.92 Å². The van der Waals surface area contributed by atoms with E-state index in [9.17, 15) is 9.90 Å². The third kappa shape index (κ3) is 6.35. The minimum Gasteiger partial charge on any atom is -0.468 e. The lowest BCUT2D eigenvalue weighted by molar-refractivity contribution is -0.127. The van der Waals surface area contributed by atoms with Crippen LogP contribution in [0.4, 0.5) is 0 Å². The van der Waals surface area contributed by atoms with Crippen molar-refractivity contribution in [3.05, 3.63) is 47.5 Å². The number of carbonyl (C=O) groups is 1. The van der Waals surface area contributed by atoms with Gasteiger partial charge in [-0.3, -0.25) is 4.79 Å². The van der Waals surface area contributed by atoms with Crippen molar-refractivity contribution < 1.29 is 14.3 Å². The van der Waals surface area contributed by atoms with Crippen LogP contribution >= 0.6 is 11.6 Å². The summed E-state index contributed by atoms with van der Waals surface area (Å²) in [5, 5.41) is 9.20.